The third kappa shape index (κ3) is 13.9. The number of carbonyl (C=O) groups is 4. The number of carboxylic acids is 1. The summed E-state index contributed by atoms with van der Waals surface area (Å²) in [7, 11) is 0. The summed E-state index contributed by atoms with van der Waals surface area (Å²) in [4.78, 5) is 61.6. The van der Waals surface area contributed by atoms with Gasteiger partial charge in [-0.05, 0) is 64.5 Å². The Kier molecular flexibility index (Phi) is 16.6. The smallest absolute Gasteiger partial charge is 0.326 e. The van der Waals surface area contributed by atoms with E-state index in [2.05, 4.69) is 30.9 Å². The zero-order valence-corrected chi connectivity index (χ0v) is 22.8. The van der Waals surface area contributed by atoms with E-state index in [0.29, 0.717) is 57.4 Å². The number of hydrogen-bond donors (Lipinski definition) is 10. The molecule has 16 nitrogen and oxygen atoms in total. The van der Waals surface area contributed by atoms with E-state index in [0.717, 1.165) is 0 Å². The number of amides is 3. The number of nitrogens with one attached hydrogen (secondary N) is 4. The number of hydrogen-bond acceptors (Lipinski definition) is 9. The number of carbonyl (C=O) groups excluding carboxylic acids is 3. The van der Waals surface area contributed by atoms with Crippen LogP contribution in [0.15, 0.2) is 17.5 Å². The molecule has 1 rings (SSSR count). The van der Waals surface area contributed by atoms with Gasteiger partial charge in [0.25, 0.3) is 0 Å². The maximum Gasteiger partial charge on any atom is 0.326 e. The summed E-state index contributed by atoms with van der Waals surface area (Å²) in [5.41, 5.74) is 28.2. The highest BCUT2D eigenvalue weighted by molar-refractivity contribution is 5.94. The molecule has 0 bridgehead atoms. The standard InChI is InChI=1S/C24H45N11O5/c25-9-3-1-7-17(33-20(36)16(27)6-5-11-31-24(28)29)21(37)35-19(12-15-13-30-14-32-15)22(38)34-18(23(39)40)8-2-4-10-26/h13-14,16-19H,1-12,25-27H2,(H,30,32)(H,33,36)(H,34,38)(H,35,37)(H,39,40)(H4,28,29,31). The predicted octanol–water partition coefficient (Wildman–Crippen LogP) is -2.87. The first-order chi connectivity index (χ1) is 19.1. The Morgan fingerprint density at radius 3 is 1.98 bits per heavy atom. The van der Waals surface area contributed by atoms with Crippen molar-refractivity contribution in [2.24, 2.45) is 33.7 Å². The Bertz CT molecular complexity index is 938. The van der Waals surface area contributed by atoms with Gasteiger partial charge >= 0.3 is 5.97 Å². The number of guanidine groups is 1. The van der Waals surface area contributed by atoms with Crippen molar-refractivity contribution in [3.05, 3.63) is 18.2 Å². The lowest BCUT2D eigenvalue weighted by Crippen LogP contribution is -2.57. The topological polar surface area (TPSA) is 296 Å². The Balaban J connectivity index is 2.98. The summed E-state index contributed by atoms with van der Waals surface area (Å²) >= 11 is 0. The summed E-state index contributed by atoms with van der Waals surface area (Å²) in [6, 6.07) is -4.21. The monoisotopic (exact) mass is 567 g/mol. The van der Waals surface area contributed by atoms with E-state index in [9.17, 15) is 24.3 Å². The van der Waals surface area contributed by atoms with Crippen LogP contribution in [0.25, 0.3) is 0 Å². The van der Waals surface area contributed by atoms with Crippen LogP contribution in [0, 0.1) is 0 Å². The number of nitrogens with zero attached hydrogens (tertiary/aromatic N) is 2. The maximum atomic E-state index is 13.3. The van der Waals surface area contributed by atoms with Crippen LogP contribution in [0.5, 0.6) is 0 Å². The molecule has 1 aromatic rings. The molecule has 16 heteroatoms. The fourth-order valence-corrected chi connectivity index (χ4v) is 3.81. The number of aliphatic carboxylic acids is 1. The van der Waals surface area contributed by atoms with Crippen molar-refractivity contribution >= 4 is 29.7 Å². The lowest BCUT2D eigenvalue weighted by molar-refractivity contribution is -0.142. The summed E-state index contributed by atoms with van der Waals surface area (Å²) in [5.74, 6) is -3.11. The van der Waals surface area contributed by atoms with Gasteiger partial charge in [0.1, 0.15) is 18.1 Å². The zero-order valence-electron chi connectivity index (χ0n) is 22.8. The highest BCUT2D eigenvalue weighted by Crippen LogP contribution is 2.07. The van der Waals surface area contributed by atoms with Crippen LogP contribution in [0.1, 0.15) is 57.1 Å². The molecule has 1 heterocycles. The summed E-state index contributed by atoms with van der Waals surface area (Å²) < 4.78 is 0. The number of carboxylic acid groups (broad SMARTS) is 1. The van der Waals surface area contributed by atoms with Gasteiger partial charge in [0.2, 0.25) is 17.7 Å². The third-order valence-electron chi connectivity index (χ3n) is 6.06. The van der Waals surface area contributed by atoms with Crippen LogP contribution >= 0.6 is 0 Å². The molecule has 0 aliphatic rings. The lowest BCUT2D eigenvalue weighted by atomic mass is 10.0. The quantitative estimate of drug-likeness (QED) is 0.0409. The molecule has 0 fully saturated rings. The van der Waals surface area contributed by atoms with Gasteiger partial charge in [0.05, 0.1) is 12.4 Å². The summed E-state index contributed by atoms with van der Waals surface area (Å²) in [6.07, 6.45) is 6.37. The van der Waals surface area contributed by atoms with Crippen LogP contribution in [0.4, 0.5) is 0 Å². The van der Waals surface area contributed by atoms with Gasteiger partial charge in [-0.3, -0.25) is 19.4 Å². The van der Waals surface area contributed by atoms with Gasteiger partial charge in [-0.1, -0.05) is 0 Å². The van der Waals surface area contributed by atoms with Gasteiger partial charge in [0, 0.05) is 24.9 Å². The van der Waals surface area contributed by atoms with E-state index >= 15 is 0 Å². The van der Waals surface area contributed by atoms with Crippen LogP contribution in [-0.4, -0.2) is 88.5 Å². The molecule has 226 valence electrons. The zero-order chi connectivity index (χ0) is 29.9. The first-order valence-corrected chi connectivity index (χ1v) is 13.4. The van der Waals surface area contributed by atoms with Crippen molar-refractivity contribution < 1.29 is 24.3 Å². The lowest BCUT2D eigenvalue weighted by Gasteiger charge is -2.25. The average molecular weight is 568 g/mol. The average Bonchev–Trinajstić information content (AvgIpc) is 3.42. The molecule has 0 aromatic carbocycles. The molecule has 1 aromatic heterocycles. The minimum absolute atomic E-state index is 0.0144. The van der Waals surface area contributed by atoms with Crippen LogP contribution < -0.4 is 44.6 Å². The van der Waals surface area contributed by atoms with Crippen molar-refractivity contribution in [3.8, 4) is 0 Å². The van der Waals surface area contributed by atoms with Gasteiger partial charge in [-0.15, -0.1) is 0 Å². The number of unbranched alkanes of at least 4 members (excludes halogenated alkanes) is 2. The molecule has 0 radical (unpaired) electrons. The predicted molar refractivity (Wildman–Crippen MR) is 149 cm³/mol. The van der Waals surface area contributed by atoms with E-state index in [4.69, 9.17) is 28.7 Å². The molecule has 0 aliphatic carbocycles. The molecule has 0 saturated heterocycles. The Morgan fingerprint density at radius 2 is 1.43 bits per heavy atom. The second kappa shape index (κ2) is 19.3. The Hall–Kier alpha value is -3.76. The van der Waals surface area contributed by atoms with Crippen molar-refractivity contribution in [2.45, 2.75) is 82.0 Å². The summed E-state index contributed by atoms with van der Waals surface area (Å²) in [6.45, 7) is 1.10. The fourth-order valence-electron chi connectivity index (χ4n) is 3.81. The van der Waals surface area contributed by atoms with Crippen molar-refractivity contribution in [1.82, 2.24) is 25.9 Å². The maximum absolute atomic E-state index is 13.3. The van der Waals surface area contributed by atoms with E-state index in [-0.39, 0.29) is 31.6 Å². The van der Waals surface area contributed by atoms with E-state index in [1.54, 1.807) is 0 Å². The molecule has 0 spiro atoms. The van der Waals surface area contributed by atoms with Gasteiger partial charge < -0.3 is 54.7 Å². The first-order valence-electron chi connectivity index (χ1n) is 13.4. The van der Waals surface area contributed by atoms with Crippen LogP contribution in [0.3, 0.4) is 0 Å². The number of aromatic amines is 1. The van der Waals surface area contributed by atoms with Crippen molar-refractivity contribution in [2.75, 3.05) is 19.6 Å². The minimum Gasteiger partial charge on any atom is -0.480 e. The normalized spacial score (nSPS) is 13.9. The summed E-state index contributed by atoms with van der Waals surface area (Å²) in [5, 5.41) is 17.4. The van der Waals surface area contributed by atoms with Crippen molar-refractivity contribution in [3.63, 3.8) is 0 Å². The molecule has 3 amide bonds. The molecule has 4 unspecified atom stereocenters. The minimum atomic E-state index is -1.20. The molecular weight excluding hydrogens is 522 g/mol. The van der Waals surface area contributed by atoms with E-state index in [1.807, 2.05) is 0 Å². The number of aromatic nitrogens is 2. The fraction of sp³-hybridized carbons (Fsp3) is 0.667. The van der Waals surface area contributed by atoms with Crippen LogP contribution in [-0.2, 0) is 25.6 Å². The molecule has 4 atom stereocenters. The first kappa shape index (κ1) is 34.3. The second-order valence-electron chi connectivity index (χ2n) is 9.43. The van der Waals surface area contributed by atoms with Crippen LogP contribution in [0.2, 0.25) is 0 Å². The van der Waals surface area contributed by atoms with Gasteiger partial charge in [-0.25, -0.2) is 9.78 Å². The number of imidazole rings is 1. The molecule has 0 saturated carbocycles. The van der Waals surface area contributed by atoms with Gasteiger partial charge in [-0.2, -0.15) is 0 Å². The molecular formula is C24H45N11O5. The third-order valence-corrected chi connectivity index (χ3v) is 6.06. The van der Waals surface area contributed by atoms with Gasteiger partial charge in [0.15, 0.2) is 5.96 Å². The van der Waals surface area contributed by atoms with Crippen molar-refractivity contribution in [1.29, 1.82) is 0 Å². The Morgan fingerprint density at radius 1 is 0.850 bits per heavy atom. The molecule has 15 N–H and O–H groups in total. The number of rotatable bonds is 21. The molecule has 40 heavy (non-hydrogen) atoms. The van der Waals surface area contributed by atoms with E-state index in [1.165, 1.54) is 12.5 Å². The highest BCUT2D eigenvalue weighted by atomic mass is 16.4. The second-order valence-corrected chi connectivity index (χ2v) is 9.43. The molecule has 0 aliphatic heterocycles. The number of nitrogens with two attached hydrogens (primary N) is 5. The number of aliphatic imine (C=N–C) groups is 1. The largest absolute Gasteiger partial charge is 0.480 e. The van der Waals surface area contributed by atoms with E-state index < -0.39 is 47.9 Å². The SMILES string of the molecule is NCCCCC(NC(=O)C(Cc1cnc[nH]1)NC(=O)C(CCCCN)NC(=O)C(N)CCCN=C(N)N)C(=O)O. The number of H-pyrrole nitrogens is 1. The highest BCUT2D eigenvalue weighted by Gasteiger charge is 2.30. The Labute approximate surface area is 233 Å².